The molecule has 0 radical (unpaired) electrons. The minimum Gasteiger partial charge on any atom is -0.272 e. The van der Waals surface area contributed by atoms with Gasteiger partial charge in [-0.1, -0.05) is 91.0 Å². The number of carbonyl (C=O) groups excluding carboxylic acids is 1. The number of amides is 1. The summed E-state index contributed by atoms with van der Waals surface area (Å²) in [4.78, 5) is 12.8. The molecule has 3 aromatic rings. The number of carbonyl (C=O) groups is 1. The molecule has 0 saturated heterocycles. The monoisotopic (exact) mass is 342 g/mol. The summed E-state index contributed by atoms with van der Waals surface area (Å²) >= 11 is 0. The van der Waals surface area contributed by atoms with Crippen LogP contribution in [0.25, 0.3) is 0 Å². The number of benzene rings is 3. The van der Waals surface area contributed by atoms with Crippen molar-refractivity contribution in [1.29, 1.82) is 0 Å². The normalized spacial score (nSPS) is 11.0. The van der Waals surface area contributed by atoms with Gasteiger partial charge >= 0.3 is 0 Å². The second-order valence-corrected chi connectivity index (χ2v) is 6.07. The minimum absolute atomic E-state index is 0.127. The molecule has 0 aliphatic rings. The standard InChI is InChI=1S/C23H22N2O/c26-23(25-24-18-10-13-19-11-4-1-5-12-19)22(20-14-6-2-7-15-20)21-16-8-3-9-17-21/h1-9,11-12,14-18,22H,10,13H2,(H,25,26). The van der Waals surface area contributed by atoms with Crippen LogP contribution < -0.4 is 5.43 Å². The van der Waals surface area contributed by atoms with Crippen LogP contribution in [0.5, 0.6) is 0 Å². The molecule has 0 bridgehead atoms. The van der Waals surface area contributed by atoms with Gasteiger partial charge in [-0.05, 0) is 29.5 Å². The van der Waals surface area contributed by atoms with Gasteiger partial charge in [-0.15, -0.1) is 0 Å². The maximum Gasteiger partial charge on any atom is 0.252 e. The summed E-state index contributed by atoms with van der Waals surface area (Å²) in [6.07, 6.45) is 3.45. The van der Waals surface area contributed by atoms with E-state index < -0.39 is 0 Å². The summed E-state index contributed by atoms with van der Waals surface area (Å²) in [6, 6.07) is 29.8. The van der Waals surface area contributed by atoms with Gasteiger partial charge in [0.05, 0.1) is 5.92 Å². The van der Waals surface area contributed by atoms with Crippen molar-refractivity contribution in [3.63, 3.8) is 0 Å². The molecule has 0 saturated carbocycles. The highest BCUT2D eigenvalue weighted by Gasteiger charge is 2.21. The van der Waals surface area contributed by atoms with Crippen LogP contribution in [0.2, 0.25) is 0 Å². The Morgan fingerprint density at radius 2 is 1.31 bits per heavy atom. The van der Waals surface area contributed by atoms with E-state index in [1.54, 1.807) is 6.21 Å². The Labute approximate surface area is 154 Å². The fourth-order valence-electron chi connectivity index (χ4n) is 2.90. The van der Waals surface area contributed by atoms with Gasteiger partial charge in [0.25, 0.3) is 5.91 Å². The molecule has 0 aromatic heterocycles. The summed E-state index contributed by atoms with van der Waals surface area (Å²) in [5.41, 5.74) is 5.87. The van der Waals surface area contributed by atoms with Crippen molar-refractivity contribution in [2.75, 3.05) is 0 Å². The molecule has 3 aromatic carbocycles. The van der Waals surface area contributed by atoms with Gasteiger partial charge in [-0.2, -0.15) is 5.10 Å². The van der Waals surface area contributed by atoms with Crippen LogP contribution in [0.1, 0.15) is 29.0 Å². The first kappa shape index (κ1) is 17.6. The van der Waals surface area contributed by atoms with Crippen molar-refractivity contribution >= 4 is 12.1 Å². The maximum atomic E-state index is 12.8. The van der Waals surface area contributed by atoms with E-state index >= 15 is 0 Å². The Balaban J connectivity index is 1.64. The molecule has 0 unspecified atom stereocenters. The highest BCUT2D eigenvalue weighted by Crippen LogP contribution is 2.24. The van der Waals surface area contributed by atoms with Crippen LogP contribution in [0.3, 0.4) is 0 Å². The van der Waals surface area contributed by atoms with Gasteiger partial charge in [0.1, 0.15) is 0 Å². The molecule has 0 heterocycles. The quantitative estimate of drug-likeness (QED) is 0.496. The Bertz CT molecular complexity index is 790. The van der Waals surface area contributed by atoms with Crippen LogP contribution in [0.15, 0.2) is 96.1 Å². The van der Waals surface area contributed by atoms with Crippen molar-refractivity contribution in [2.24, 2.45) is 5.10 Å². The maximum absolute atomic E-state index is 12.8. The first-order valence-electron chi connectivity index (χ1n) is 8.80. The van der Waals surface area contributed by atoms with Crippen molar-refractivity contribution in [1.82, 2.24) is 5.43 Å². The first-order valence-corrected chi connectivity index (χ1v) is 8.80. The lowest BCUT2D eigenvalue weighted by Crippen LogP contribution is -2.26. The van der Waals surface area contributed by atoms with Gasteiger partial charge < -0.3 is 0 Å². The van der Waals surface area contributed by atoms with Gasteiger partial charge in [0.15, 0.2) is 0 Å². The van der Waals surface area contributed by atoms with E-state index in [2.05, 4.69) is 22.7 Å². The van der Waals surface area contributed by atoms with Gasteiger partial charge in [0, 0.05) is 6.21 Å². The number of nitrogens with zero attached hydrogens (tertiary/aromatic N) is 1. The van der Waals surface area contributed by atoms with E-state index in [0.717, 1.165) is 24.0 Å². The Morgan fingerprint density at radius 3 is 1.85 bits per heavy atom. The molecule has 0 fully saturated rings. The summed E-state index contributed by atoms with van der Waals surface area (Å²) in [5.74, 6) is -0.498. The number of hydrogen-bond donors (Lipinski definition) is 1. The molecule has 0 aliphatic carbocycles. The summed E-state index contributed by atoms with van der Waals surface area (Å²) in [7, 11) is 0. The van der Waals surface area contributed by atoms with E-state index in [0.29, 0.717) is 0 Å². The molecule has 0 aliphatic heterocycles. The largest absolute Gasteiger partial charge is 0.272 e. The van der Waals surface area contributed by atoms with Gasteiger partial charge in [0.2, 0.25) is 0 Å². The van der Waals surface area contributed by atoms with Crippen LogP contribution in [-0.2, 0) is 11.2 Å². The van der Waals surface area contributed by atoms with Crippen LogP contribution in [-0.4, -0.2) is 12.1 Å². The van der Waals surface area contributed by atoms with Crippen molar-refractivity contribution in [3.8, 4) is 0 Å². The van der Waals surface area contributed by atoms with Gasteiger partial charge in [-0.3, -0.25) is 4.79 Å². The number of hydrazone groups is 1. The summed E-state index contributed by atoms with van der Waals surface area (Å²) in [5, 5.41) is 4.13. The topological polar surface area (TPSA) is 41.5 Å². The van der Waals surface area contributed by atoms with Crippen LogP contribution >= 0.6 is 0 Å². The predicted octanol–water partition coefficient (Wildman–Crippen LogP) is 4.55. The van der Waals surface area contributed by atoms with Crippen LogP contribution in [0.4, 0.5) is 0 Å². The number of aryl methyl sites for hydroxylation is 1. The zero-order valence-corrected chi connectivity index (χ0v) is 14.6. The zero-order valence-electron chi connectivity index (χ0n) is 14.6. The van der Waals surface area contributed by atoms with E-state index in [-0.39, 0.29) is 11.8 Å². The van der Waals surface area contributed by atoms with Gasteiger partial charge in [-0.25, -0.2) is 5.43 Å². The van der Waals surface area contributed by atoms with E-state index in [1.165, 1.54) is 5.56 Å². The number of nitrogens with one attached hydrogen (secondary N) is 1. The fraction of sp³-hybridized carbons (Fsp3) is 0.130. The molecular formula is C23H22N2O. The van der Waals surface area contributed by atoms with Crippen molar-refractivity contribution < 1.29 is 4.79 Å². The molecule has 1 amide bonds. The lowest BCUT2D eigenvalue weighted by molar-refractivity contribution is -0.121. The third kappa shape index (κ3) is 4.90. The second kappa shape index (κ2) is 9.33. The number of hydrogen-bond acceptors (Lipinski definition) is 2. The molecule has 3 nitrogen and oxygen atoms in total. The molecule has 3 heteroatoms. The molecule has 3 rings (SSSR count). The molecule has 26 heavy (non-hydrogen) atoms. The highest BCUT2D eigenvalue weighted by molar-refractivity contribution is 5.87. The number of rotatable bonds is 7. The molecule has 0 atom stereocenters. The highest BCUT2D eigenvalue weighted by atomic mass is 16.2. The van der Waals surface area contributed by atoms with Crippen LogP contribution in [0, 0.1) is 0 Å². The predicted molar refractivity (Wildman–Crippen MR) is 106 cm³/mol. The Hall–Kier alpha value is -3.20. The fourth-order valence-corrected chi connectivity index (χ4v) is 2.90. The third-order valence-electron chi connectivity index (χ3n) is 4.20. The second-order valence-electron chi connectivity index (χ2n) is 6.07. The summed E-state index contributed by atoms with van der Waals surface area (Å²) < 4.78 is 0. The van der Waals surface area contributed by atoms with E-state index in [1.807, 2.05) is 78.9 Å². The molecule has 0 spiro atoms. The average molecular weight is 342 g/mol. The summed E-state index contributed by atoms with van der Waals surface area (Å²) in [6.45, 7) is 0. The van der Waals surface area contributed by atoms with Crippen molar-refractivity contribution in [2.45, 2.75) is 18.8 Å². The lowest BCUT2D eigenvalue weighted by Gasteiger charge is -2.16. The molecule has 130 valence electrons. The zero-order chi connectivity index (χ0) is 18.0. The Morgan fingerprint density at radius 1 is 0.808 bits per heavy atom. The SMILES string of the molecule is O=C(NN=CCCc1ccccc1)C(c1ccccc1)c1ccccc1. The first-order chi connectivity index (χ1) is 12.8. The third-order valence-corrected chi connectivity index (χ3v) is 4.20. The van der Waals surface area contributed by atoms with E-state index in [9.17, 15) is 4.79 Å². The smallest absolute Gasteiger partial charge is 0.252 e. The minimum atomic E-state index is -0.372. The average Bonchev–Trinajstić information content (AvgIpc) is 2.70. The molecular weight excluding hydrogens is 320 g/mol. The Kier molecular flexibility index (Phi) is 6.32. The van der Waals surface area contributed by atoms with E-state index in [4.69, 9.17) is 0 Å². The molecule has 1 N–H and O–H groups in total. The lowest BCUT2D eigenvalue weighted by atomic mass is 9.91. The van der Waals surface area contributed by atoms with Crippen molar-refractivity contribution in [3.05, 3.63) is 108 Å².